The lowest BCUT2D eigenvalue weighted by atomic mass is 9.84. The van der Waals surface area contributed by atoms with Crippen molar-refractivity contribution in [3.05, 3.63) is 0 Å². The molecular weight excluding hydrogens is 214 g/mol. The zero-order chi connectivity index (χ0) is 12.4. The monoisotopic (exact) mass is 239 g/mol. The molecule has 4 unspecified atom stereocenters. The second kappa shape index (κ2) is 5.38. The number of hydrogen-bond donors (Lipinski definition) is 0. The summed E-state index contributed by atoms with van der Waals surface area (Å²) in [6.07, 6.45) is 6.79. The van der Waals surface area contributed by atoms with Crippen molar-refractivity contribution in [3.63, 3.8) is 0 Å². The molecule has 3 heteroatoms. The van der Waals surface area contributed by atoms with Gasteiger partial charge in [0.2, 0.25) is 0 Å². The Morgan fingerprint density at radius 1 is 1.24 bits per heavy atom. The Hall–Kier alpha value is -0.570. The van der Waals surface area contributed by atoms with Crippen molar-refractivity contribution in [2.24, 2.45) is 11.8 Å². The van der Waals surface area contributed by atoms with E-state index in [4.69, 9.17) is 4.74 Å². The third kappa shape index (κ3) is 2.49. The molecular formula is C14H25NO2. The van der Waals surface area contributed by atoms with E-state index in [2.05, 4.69) is 11.8 Å². The van der Waals surface area contributed by atoms with Crippen LogP contribution >= 0.6 is 0 Å². The number of carbonyl (C=O) groups is 1. The van der Waals surface area contributed by atoms with E-state index in [0.717, 1.165) is 18.5 Å². The SMILES string of the molecule is COC(=O)C(C)C(C)N1CCC2CCCCC21. The van der Waals surface area contributed by atoms with Gasteiger partial charge in [-0.3, -0.25) is 9.69 Å². The van der Waals surface area contributed by atoms with Crippen molar-refractivity contribution in [2.75, 3.05) is 13.7 Å². The van der Waals surface area contributed by atoms with Crippen LogP contribution in [0, 0.1) is 11.8 Å². The lowest BCUT2D eigenvalue weighted by molar-refractivity contribution is -0.147. The zero-order valence-corrected chi connectivity index (χ0v) is 11.3. The van der Waals surface area contributed by atoms with Gasteiger partial charge < -0.3 is 4.74 Å². The third-order valence-electron chi connectivity index (χ3n) is 4.87. The summed E-state index contributed by atoms with van der Waals surface area (Å²) in [6, 6.07) is 1.04. The van der Waals surface area contributed by atoms with Crippen molar-refractivity contribution in [3.8, 4) is 0 Å². The molecule has 1 saturated carbocycles. The molecule has 2 aliphatic rings. The number of carbonyl (C=O) groups excluding carboxylic acids is 1. The first-order valence-electron chi connectivity index (χ1n) is 6.98. The molecule has 0 aromatic rings. The van der Waals surface area contributed by atoms with Gasteiger partial charge >= 0.3 is 5.97 Å². The molecule has 0 aromatic carbocycles. The van der Waals surface area contributed by atoms with E-state index in [1.165, 1.54) is 39.2 Å². The predicted octanol–water partition coefficient (Wildman–Crippen LogP) is 2.45. The van der Waals surface area contributed by atoms with Gasteiger partial charge in [-0.2, -0.15) is 0 Å². The van der Waals surface area contributed by atoms with E-state index < -0.39 is 0 Å². The Balaban J connectivity index is 1.99. The van der Waals surface area contributed by atoms with Crippen LogP contribution in [0.3, 0.4) is 0 Å². The van der Waals surface area contributed by atoms with Crippen LogP contribution in [0.4, 0.5) is 0 Å². The highest BCUT2D eigenvalue weighted by Crippen LogP contribution is 2.38. The third-order valence-corrected chi connectivity index (χ3v) is 4.87. The van der Waals surface area contributed by atoms with E-state index in [1.54, 1.807) is 0 Å². The molecule has 0 spiro atoms. The van der Waals surface area contributed by atoms with Crippen LogP contribution in [-0.4, -0.2) is 36.6 Å². The van der Waals surface area contributed by atoms with Gasteiger partial charge in [0.25, 0.3) is 0 Å². The van der Waals surface area contributed by atoms with Crippen molar-refractivity contribution in [2.45, 2.75) is 58.0 Å². The molecule has 2 rings (SSSR count). The van der Waals surface area contributed by atoms with Gasteiger partial charge in [0.15, 0.2) is 0 Å². The molecule has 0 N–H and O–H groups in total. The first-order chi connectivity index (χ1) is 8.15. The number of likely N-dealkylation sites (tertiary alicyclic amines) is 1. The summed E-state index contributed by atoms with van der Waals surface area (Å²) in [5, 5.41) is 0. The fraction of sp³-hybridized carbons (Fsp3) is 0.929. The average molecular weight is 239 g/mol. The smallest absolute Gasteiger partial charge is 0.309 e. The summed E-state index contributed by atoms with van der Waals surface area (Å²) in [6.45, 7) is 5.34. The lowest BCUT2D eigenvalue weighted by Gasteiger charge is -2.37. The summed E-state index contributed by atoms with van der Waals surface area (Å²) in [5.41, 5.74) is 0. The Bertz CT molecular complexity index is 279. The topological polar surface area (TPSA) is 29.5 Å². The molecule has 4 atom stereocenters. The largest absolute Gasteiger partial charge is 0.469 e. The minimum absolute atomic E-state index is 0.0133. The maximum Gasteiger partial charge on any atom is 0.309 e. The summed E-state index contributed by atoms with van der Waals surface area (Å²) >= 11 is 0. The summed E-state index contributed by atoms with van der Waals surface area (Å²) in [5.74, 6) is 0.800. The summed E-state index contributed by atoms with van der Waals surface area (Å²) in [7, 11) is 1.49. The van der Waals surface area contributed by atoms with Gasteiger partial charge in [0.05, 0.1) is 13.0 Å². The molecule has 2 fully saturated rings. The quantitative estimate of drug-likeness (QED) is 0.709. The van der Waals surface area contributed by atoms with Gasteiger partial charge in [-0.05, 0) is 38.6 Å². The van der Waals surface area contributed by atoms with Gasteiger partial charge in [-0.25, -0.2) is 0 Å². The molecule has 0 amide bonds. The average Bonchev–Trinajstić information content (AvgIpc) is 2.79. The van der Waals surface area contributed by atoms with E-state index in [0.29, 0.717) is 6.04 Å². The summed E-state index contributed by atoms with van der Waals surface area (Å²) in [4.78, 5) is 14.2. The van der Waals surface area contributed by atoms with Crippen molar-refractivity contribution in [1.82, 2.24) is 4.90 Å². The van der Waals surface area contributed by atoms with Gasteiger partial charge in [0, 0.05) is 12.1 Å². The molecule has 0 bridgehead atoms. The highest BCUT2D eigenvalue weighted by molar-refractivity contribution is 5.72. The number of nitrogens with zero attached hydrogens (tertiary/aromatic N) is 1. The van der Waals surface area contributed by atoms with Crippen LogP contribution in [0.2, 0.25) is 0 Å². The van der Waals surface area contributed by atoms with Crippen LogP contribution < -0.4 is 0 Å². The molecule has 17 heavy (non-hydrogen) atoms. The second-order valence-corrected chi connectivity index (χ2v) is 5.69. The maximum absolute atomic E-state index is 11.6. The van der Waals surface area contributed by atoms with Gasteiger partial charge in [-0.1, -0.05) is 19.8 Å². The summed E-state index contributed by atoms with van der Waals surface area (Å²) < 4.78 is 4.86. The molecule has 1 aliphatic carbocycles. The van der Waals surface area contributed by atoms with Crippen molar-refractivity contribution < 1.29 is 9.53 Å². The molecule has 0 radical (unpaired) electrons. The number of esters is 1. The van der Waals surface area contributed by atoms with Crippen molar-refractivity contribution >= 4 is 5.97 Å². The minimum atomic E-state index is -0.0724. The molecule has 98 valence electrons. The first-order valence-corrected chi connectivity index (χ1v) is 6.98. The Morgan fingerprint density at radius 2 is 1.94 bits per heavy atom. The fourth-order valence-electron chi connectivity index (χ4n) is 3.62. The van der Waals surface area contributed by atoms with Crippen molar-refractivity contribution in [1.29, 1.82) is 0 Å². The van der Waals surface area contributed by atoms with E-state index >= 15 is 0 Å². The van der Waals surface area contributed by atoms with Gasteiger partial charge in [-0.15, -0.1) is 0 Å². The Labute approximate surface area is 105 Å². The fourth-order valence-corrected chi connectivity index (χ4v) is 3.62. The molecule has 0 aromatic heterocycles. The first kappa shape index (κ1) is 12.9. The van der Waals surface area contributed by atoms with Crippen LogP contribution in [0.15, 0.2) is 0 Å². The second-order valence-electron chi connectivity index (χ2n) is 5.69. The predicted molar refractivity (Wildman–Crippen MR) is 67.7 cm³/mol. The lowest BCUT2D eigenvalue weighted by Crippen LogP contribution is -2.45. The van der Waals surface area contributed by atoms with E-state index in [9.17, 15) is 4.79 Å². The normalized spacial score (nSPS) is 32.9. The molecule has 3 nitrogen and oxygen atoms in total. The number of fused-ring (bicyclic) bond motifs is 1. The Kier molecular flexibility index (Phi) is 4.08. The van der Waals surface area contributed by atoms with E-state index in [1.807, 2.05) is 6.92 Å². The maximum atomic E-state index is 11.6. The van der Waals surface area contributed by atoms with E-state index in [-0.39, 0.29) is 11.9 Å². The van der Waals surface area contributed by atoms with Crippen LogP contribution in [0.25, 0.3) is 0 Å². The zero-order valence-electron chi connectivity index (χ0n) is 11.3. The Morgan fingerprint density at radius 3 is 2.65 bits per heavy atom. The number of hydrogen-bond acceptors (Lipinski definition) is 3. The number of ether oxygens (including phenoxy) is 1. The standard InChI is InChI=1S/C14H25NO2/c1-10(14(16)17-3)11(2)15-9-8-12-6-4-5-7-13(12)15/h10-13H,4-9H2,1-3H3. The van der Waals surface area contributed by atoms with Gasteiger partial charge in [0.1, 0.15) is 0 Å². The van der Waals surface area contributed by atoms with Crippen LogP contribution in [0.1, 0.15) is 46.0 Å². The molecule has 1 heterocycles. The van der Waals surface area contributed by atoms with Crippen LogP contribution in [-0.2, 0) is 9.53 Å². The molecule has 1 saturated heterocycles. The highest BCUT2D eigenvalue weighted by atomic mass is 16.5. The molecule has 1 aliphatic heterocycles. The minimum Gasteiger partial charge on any atom is -0.469 e. The highest BCUT2D eigenvalue weighted by Gasteiger charge is 2.40. The number of rotatable bonds is 3. The number of methoxy groups -OCH3 is 1. The van der Waals surface area contributed by atoms with Crippen LogP contribution in [0.5, 0.6) is 0 Å².